The van der Waals surface area contributed by atoms with Crippen LogP contribution in [0.1, 0.15) is 29.5 Å². The van der Waals surface area contributed by atoms with Crippen LogP contribution < -0.4 is 4.74 Å². The number of carbonyl (C=O) groups excluding carboxylic acids is 1. The molecule has 1 amide bonds. The van der Waals surface area contributed by atoms with Crippen molar-refractivity contribution < 1.29 is 31.5 Å². The molecular formula is C21H20F5N7O2. The van der Waals surface area contributed by atoms with Gasteiger partial charge in [0.15, 0.2) is 17.2 Å². The normalized spacial score (nSPS) is 20.0. The van der Waals surface area contributed by atoms with E-state index in [0.29, 0.717) is 6.20 Å². The molecule has 0 aliphatic carbocycles. The lowest BCUT2D eigenvalue weighted by molar-refractivity contribution is -0.141. The fourth-order valence-corrected chi connectivity index (χ4v) is 3.91. The number of piperidine rings is 1. The zero-order valence-electron chi connectivity index (χ0n) is 18.6. The van der Waals surface area contributed by atoms with Gasteiger partial charge in [0.25, 0.3) is 11.8 Å². The summed E-state index contributed by atoms with van der Waals surface area (Å²) >= 11 is 0. The van der Waals surface area contributed by atoms with E-state index in [9.17, 15) is 26.7 Å². The Morgan fingerprint density at radius 3 is 2.51 bits per heavy atom. The number of aryl methyl sites for hydroxylation is 1. The van der Waals surface area contributed by atoms with Crippen LogP contribution in [0.4, 0.5) is 22.0 Å². The van der Waals surface area contributed by atoms with E-state index < -0.39 is 48.6 Å². The molecule has 14 heteroatoms. The van der Waals surface area contributed by atoms with Gasteiger partial charge in [-0.25, -0.2) is 28.7 Å². The van der Waals surface area contributed by atoms with Crippen molar-refractivity contribution in [2.24, 2.45) is 13.0 Å². The second kappa shape index (κ2) is 9.15. The Labute approximate surface area is 196 Å². The first-order chi connectivity index (χ1) is 16.4. The number of amides is 1. The van der Waals surface area contributed by atoms with Gasteiger partial charge in [-0.3, -0.25) is 9.48 Å². The van der Waals surface area contributed by atoms with Gasteiger partial charge >= 0.3 is 6.18 Å². The number of likely N-dealkylation sites (tertiary alicyclic amines) is 1. The summed E-state index contributed by atoms with van der Waals surface area (Å²) < 4.78 is 73.9. The van der Waals surface area contributed by atoms with Gasteiger partial charge in [-0.15, -0.1) is 0 Å². The number of halogens is 5. The maximum Gasteiger partial charge on any atom is 0.434 e. The van der Waals surface area contributed by atoms with Crippen LogP contribution in [0.3, 0.4) is 0 Å². The number of carbonyl (C=O) groups is 1. The van der Waals surface area contributed by atoms with Gasteiger partial charge in [0, 0.05) is 32.1 Å². The van der Waals surface area contributed by atoms with E-state index in [2.05, 4.69) is 25.0 Å². The second-order valence-corrected chi connectivity index (χ2v) is 8.22. The van der Waals surface area contributed by atoms with Crippen LogP contribution >= 0.6 is 0 Å². The van der Waals surface area contributed by atoms with Gasteiger partial charge in [0.2, 0.25) is 5.88 Å². The monoisotopic (exact) mass is 497 g/mol. The number of hydrogen-bond donors (Lipinski definition) is 0. The molecule has 4 rings (SSSR count). The first kappa shape index (κ1) is 24.4. The molecule has 0 N–H and O–H groups in total. The molecule has 1 saturated heterocycles. The van der Waals surface area contributed by atoms with Crippen LogP contribution in [0.5, 0.6) is 5.88 Å². The minimum Gasteiger partial charge on any atom is -0.474 e. The van der Waals surface area contributed by atoms with Crippen molar-refractivity contribution in [3.05, 3.63) is 48.4 Å². The van der Waals surface area contributed by atoms with Crippen molar-refractivity contribution in [3.8, 4) is 17.3 Å². The molecule has 0 bridgehead atoms. The SMILES string of the molecule is C[C@@H]1CC(F)(F)CN(C(=O)c2nn(C)cc2-c2ncccn2)C1COc1cnc(C(F)(F)F)cn1. The van der Waals surface area contributed by atoms with Gasteiger partial charge in [-0.2, -0.15) is 18.3 Å². The van der Waals surface area contributed by atoms with Gasteiger partial charge in [0.1, 0.15) is 6.61 Å². The van der Waals surface area contributed by atoms with Crippen LogP contribution in [-0.4, -0.2) is 65.6 Å². The Morgan fingerprint density at radius 2 is 1.89 bits per heavy atom. The fraction of sp³-hybridized carbons (Fsp3) is 0.429. The molecule has 3 aromatic heterocycles. The number of aromatic nitrogens is 6. The molecule has 2 atom stereocenters. The van der Waals surface area contributed by atoms with Crippen LogP contribution in [0.15, 0.2) is 37.1 Å². The summed E-state index contributed by atoms with van der Waals surface area (Å²) in [5, 5.41) is 4.15. The summed E-state index contributed by atoms with van der Waals surface area (Å²) in [4.78, 5) is 29.5. The van der Waals surface area contributed by atoms with Gasteiger partial charge in [-0.05, 0) is 12.0 Å². The van der Waals surface area contributed by atoms with Gasteiger partial charge < -0.3 is 9.64 Å². The van der Waals surface area contributed by atoms with E-state index in [4.69, 9.17) is 4.74 Å². The summed E-state index contributed by atoms with van der Waals surface area (Å²) in [6.45, 7) is 0.376. The lowest BCUT2D eigenvalue weighted by Gasteiger charge is -2.42. The highest BCUT2D eigenvalue weighted by molar-refractivity contribution is 5.98. The Kier molecular flexibility index (Phi) is 6.38. The lowest BCUT2D eigenvalue weighted by atomic mass is 9.88. The van der Waals surface area contributed by atoms with Gasteiger partial charge in [0.05, 0.1) is 30.5 Å². The molecule has 186 valence electrons. The summed E-state index contributed by atoms with van der Waals surface area (Å²) in [7, 11) is 1.57. The molecular weight excluding hydrogens is 477 g/mol. The minimum atomic E-state index is -4.67. The van der Waals surface area contributed by atoms with Crippen molar-refractivity contribution >= 4 is 5.91 Å². The highest BCUT2D eigenvalue weighted by atomic mass is 19.4. The topological polar surface area (TPSA) is 98.9 Å². The van der Waals surface area contributed by atoms with E-state index in [1.807, 2.05) is 0 Å². The molecule has 1 aliphatic heterocycles. The zero-order valence-corrected chi connectivity index (χ0v) is 18.6. The van der Waals surface area contributed by atoms with E-state index in [1.165, 1.54) is 23.3 Å². The quantitative estimate of drug-likeness (QED) is 0.499. The molecule has 3 aromatic rings. The number of alkyl halides is 5. The summed E-state index contributed by atoms with van der Waals surface area (Å²) in [6.07, 6.45) is 0.598. The van der Waals surface area contributed by atoms with Crippen molar-refractivity contribution in [2.45, 2.75) is 31.5 Å². The largest absolute Gasteiger partial charge is 0.474 e. The Hall–Kier alpha value is -3.71. The average Bonchev–Trinajstić information content (AvgIpc) is 3.19. The molecule has 35 heavy (non-hydrogen) atoms. The highest BCUT2D eigenvalue weighted by Gasteiger charge is 2.47. The van der Waals surface area contributed by atoms with E-state index >= 15 is 0 Å². The molecule has 9 nitrogen and oxygen atoms in total. The van der Waals surface area contributed by atoms with Crippen molar-refractivity contribution in [1.29, 1.82) is 0 Å². The molecule has 1 aliphatic rings. The molecule has 1 fully saturated rings. The number of nitrogens with zero attached hydrogens (tertiary/aromatic N) is 7. The summed E-state index contributed by atoms with van der Waals surface area (Å²) in [5.74, 6) is -4.66. The predicted octanol–water partition coefficient (Wildman–Crippen LogP) is 3.25. The third-order valence-corrected chi connectivity index (χ3v) is 5.50. The third-order valence-electron chi connectivity index (χ3n) is 5.50. The standard InChI is InChI=1S/C21H20F5N7O2/c1-12-6-20(22,23)11-33(14(12)10-35-16-8-29-15(7-30-16)21(24,25)26)19(34)17-13(9-32(2)31-17)18-27-4-3-5-28-18/h3-5,7-9,12,14H,6,10-11H2,1-2H3/t12-,14?/m1/s1. The lowest BCUT2D eigenvalue weighted by Crippen LogP contribution is -2.57. The molecule has 4 heterocycles. The number of ether oxygens (including phenoxy) is 1. The molecule has 1 unspecified atom stereocenters. The Balaban J connectivity index is 1.60. The number of hydrogen-bond acceptors (Lipinski definition) is 7. The van der Waals surface area contributed by atoms with Crippen molar-refractivity contribution in [2.75, 3.05) is 13.2 Å². The van der Waals surface area contributed by atoms with Crippen molar-refractivity contribution in [1.82, 2.24) is 34.6 Å². The average molecular weight is 497 g/mol. The van der Waals surface area contributed by atoms with Crippen LogP contribution in [0, 0.1) is 5.92 Å². The molecule has 0 radical (unpaired) electrons. The fourth-order valence-electron chi connectivity index (χ4n) is 3.91. The van der Waals surface area contributed by atoms with E-state index in [-0.39, 0.29) is 29.6 Å². The minimum absolute atomic E-state index is 0.108. The Bertz CT molecular complexity index is 1190. The van der Waals surface area contributed by atoms with Crippen LogP contribution in [0.2, 0.25) is 0 Å². The Morgan fingerprint density at radius 1 is 1.17 bits per heavy atom. The molecule has 0 saturated carbocycles. The van der Waals surface area contributed by atoms with Crippen LogP contribution in [0.25, 0.3) is 11.4 Å². The second-order valence-electron chi connectivity index (χ2n) is 8.22. The van der Waals surface area contributed by atoms with Crippen LogP contribution in [-0.2, 0) is 13.2 Å². The maximum atomic E-state index is 14.5. The van der Waals surface area contributed by atoms with Crippen molar-refractivity contribution in [3.63, 3.8) is 0 Å². The molecule has 0 spiro atoms. The van der Waals surface area contributed by atoms with E-state index in [0.717, 1.165) is 11.1 Å². The first-order valence-electron chi connectivity index (χ1n) is 10.5. The van der Waals surface area contributed by atoms with E-state index in [1.54, 1.807) is 20.0 Å². The maximum absolute atomic E-state index is 14.5. The molecule has 0 aromatic carbocycles. The van der Waals surface area contributed by atoms with Gasteiger partial charge in [-0.1, -0.05) is 6.92 Å². The zero-order chi connectivity index (χ0) is 25.4. The smallest absolute Gasteiger partial charge is 0.434 e. The third kappa shape index (κ3) is 5.35. The first-order valence-corrected chi connectivity index (χ1v) is 10.5. The highest BCUT2D eigenvalue weighted by Crippen LogP contribution is 2.36. The number of rotatable bonds is 5. The summed E-state index contributed by atoms with van der Waals surface area (Å²) in [5.41, 5.74) is -1.03. The predicted molar refractivity (Wildman–Crippen MR) is 110 cm³/mol. The summed E-state index contributed by atoms with van der Waals surface area (Å²) in [6, 6.07) is 0.754.